The molecule has 0 bridgehead atoms. The maximum atomic E-state index is 12.5. The van der Waals surface area contributed by atoms with Crippen LogP contribution in [-0.4, -0.2) is 53.0 Å². The number of aliphatic carboxylic acids is 1. The molecule has 0 radical (unpaired) electrons. The fraction of sp³-hybridized carbons (Fsp3) is 0.375. The first-order valence-electron chi connectivity index (χ1n) is 10.5. The predicted molar refractivity (Wildman–Crippen MR) is 118 cm³/mol. The van der Waals surface area contributed by atoms with Gasteiger partial charge in [0.2, 0.25) is 5.91 Å². The van der Waals surface area contributed by atoms with Crippen LogP contribution in [0, 0.1) is 0 Å². The lowest BCUT2D eigenvalue weighted by atomic mass is 9.98. The molecule has 32 heavy (non-hydrogen) atoms. The summed E-state index contributed by atoms with van der Waals surface area (Å²) in [6.07, 6.45) is -0.900. The molecule has 0 saturated heterocycles. The van der Waals surface area contributed by atoms with E-state index in [0.717, 1.165) is 22.3 Å². The molecule has 0 saturated carbocycles. The van der Waals surface area contributed by atoms with Gasteiger partial charge in [-0.15, -0.1) is 0 Å². The number of fused-ring (bicyclic) bond motifs is 3. The molecule has 2 amide bonds. The molecule has 0 fully saturated rings. The van der Waals surface area contributed by atoms with Crippen molar-refractivity contribution in [1.29, 1.82) is 0 Å². The Bertz CT molecular complexity index is 958. The second-order valence-corrected chi connectivity index (χ2v) is 8.48. The number of aliphatic hydroxyl groups is 1. The lowest BCUT2D eigenvalue weighted by Crippen LogP contribution is -2.49. The van der Waals surface area contributed by atoms with Crippen molar-refractivity contribution in [3.8, 4) is 11.1 Å². The van der Waals surface area contributed by atoms with Crippen molar-refractivity contribution in [2.45, 2.75) is 44.2 Å². The predicted octanol–water partition coefficient (Wildman–Crippen LogP) is 2.65. The Balaban J connectivity index is 1.57. The number of carboxylic acids is 1. The molecule has 2 aromatic rings. The van der Waals surface area contributed by atoms with Crippen molar-refractivity contribution >= 4 is 18.0 Å². The van der Waals surface area contributed by atoms with Crippen LogP contribution in [0.4, 0.5) is 4.79 Å². The maximum absolute atomic E-state index is 12.5. The zero-order chi connectivity index (χ0) is 23.3. The van der Waals surface area contributed by atoms with Gasteiger partial charge in [-0.2, -0.15) is 0 Å². The number of carbonyl (C=O) groups excluding carboxylic acids is 2. The Morgan fingerprint density at radius 3 is 2.12 bits per heavy atom. The SMILES string of the molecule is CC(C)(CC(=O)N[C@H](CCO)C(=O)O)NC(=O)OCC1c2ccccc2-c2ccccc21. The van der Waals surface area contributed by atoms with Gasteiger partial charge in [-0.25, -0.2) is 9.59 Å². The molecule has 0 heterocycles. The number of carboxylic acid groups (broad SMARTS) is 1. The molecule has 0 aromatic heterocycles. The zero-order valence-electron chi connectivity index (χ0n) is 18.1. The largest absolute Gasteiger partial charge is 0.480 e. The number of hydrogen-bond acceptors (Lipinski definition) is 5. The van der Waals surface area contributed by atoms with Crippen LogP contribution >= 0.6 is 0 Å². The van der Waals surface area contributed by atoms with Crippen molar-refractivity contribution in [3.05, 3.63) is 59.7 Å². The summed E-state index contributed by atoms with van der Waals surface area (Å²) in [5.41, 5.74) is 3.50. The summed E-state index contributed by atoms with van der Waals surface area (Å²) in [5.74, 6) is -1.85. The molecular weight excluding hydrogens is 412 g/mol. The summed E-state index contributed by atoms with van der Waals surface area (Å²) in [6.45, 7) is 3.09. The van der Waals surface area contributed by atoms with E-state index >= 15 is 0 Å². The smallest absolute Gasteiger partial charge is 0.407 e. The van der Waals surface area contributed by atoms with Gasteiger partial charge in [0, 0.05) is 30.9 Å². The van der Waals surface area contributed by atoms with E-state index in [0.29, 0.717) is 0 Å². The first-order valence-corrected chi connectivity index (χ1v) is 10.5. The third kappa shape index (κ3) is 5.45. The van der Waals surface area contributed by atoms with Crippen LogP contribution in [0.25, 0.3) is 11.1 Å². The van der Waals surface area contributed by atoms with E-state index in [1.807, 2.05) is 36.4 Å². The molecule has 0 spiro atoms. The highest BCUT2D eigenvalue weighted by Crippen LogP contribution is 2.44. The van der Waals surface area contributed by atoms with Gasteiger partial charge in [-0.1, -0.05) is 48.5 Å². The fourth-order valence-electron chi connectivity index (χ4n) is 3.99. The average molecular weight is 440 g/mol. The summed E-state index contributed by atoms with van der Waals surface area (Å²) in [6, 6.07) is 14.9. The molecule has 2 aromatic carbocycles. The van der Waals surface area contributed by atoms with Crippen LogP contribution < -0.4 is 10.6 Å². The summed E-state index contributed by atoms with van der Waals surface area (Å²) in [7, 11) is 0. The van der Waals surface area contributed by atoms with E-state index in [2.05, 4.69) is 22.8 Å². The van der Waals surface area contributed by atoms with Crippen LogP contribution in [0.1, 0.15) is 43.7 Å². The van der Waals surface area contributed by atoms with E-state index in [1.165, 1.54) is 0 Å². The molecule has 8 heteroatoms. The van der Waals surface area contributed by atoms with Crippen molar-refractivity contribution < 1.29 is 29.3 Å². The Labute approximate surface area is 186 Å². The van der Waals surface area contributed by atoms with Crippen LogP contribution in [0.2, 0.25) is 0 Å². The Morgan fingerprint density at radius 2 is 1.59 bits per heavy atom. The monoisotopic (exact) mass is 440 g/mol. The van der Waals surface area contributed by atoms with Gasteiger partial charge in [-0.3, -0.25) is 4.79 Å². The third-order valence-corrected chi connectivity index (χ3v) is 5.44. The van der Waals surface area contributed by atoms with E-state index in [-0.39, 0.29) is 32.0 Å². The van der Waals surface area contributed by atoms with Crippen LogP contribution in [0.5, 0.6) is 0 Å². The van der Waals surface area contributed by atoms with Gasteiger partial charge in [0.15, 0.2) is 0 Å². The summed E-state index contributed by atoms with van der Waals surface area (Å²) in [5, 5.41) is 23.1. The minimum Gasteiger partial charge on any atom is -0.480 e. The van der Waals surface area contributed by atoms with E-state index < -0.39 is 29.6 Å². The number of rotatable bonds is 9. The molecule has 1 aliphatic carbocycles. The summed E-state index contributed by atoms with van der Waals surface area (Å²) in [4.78, 5) is 35.8. The number of hydrogen-bond donors (Lipinski definition) is 4. The molecule has 1 aliphatic rings. The highest BCUT2D eigenvalue weighted by Gasteiger charge is 2.31. The van der Waals surface area contributed by atoms with E-state index in [9.17, 15) is 14.4 Å². The zero-order valence-corrected chi connectivity index (χ0v) is 18.1. The van der Waals surface area contributed by atoms with Gasteiger partial charge in [0.1, 0.15) is 12.6 Å². The van der Waals surface area contributed by atoms with Crippen molar-refractivity contribution in [1.82, 2.24) is 10.6 Å². The molecule has 4 N–H and O–H groups in total. The number of amides is 2. The molecule has 170 valence electrons. The highest BCUT2D eigenvalue weighted by molar-refractivity contribution is 5.84. The second kappa shape index (κ2) is 9.82. The number of benzene rings is 2. The van der Waals surface area contributed by atoms with E-state index in [4.69, 9.17) is 14.9 Å². The molecule has 1 atom stereocenters. The van der Waals surface area contributed by atoms with Crippen molar-refractivity contribution in [2.24, 2.45) is 0 Å². The second-order valence-electron chi connectivity index (χ2n) is 8.48. The Morgan fingerprint density at radius 1 is 1.03 bits per heavy atom. The molecule has 0 unspecified atom stereocenters. The van der Waals surface area contributed by atoms with Crippen molar-refractivity contribution in [2.75, 3.05) is 13.2 Å². The lowest BCUT2D eigenvalue weighted by molar-refractivity contribution is -0.142. The minimum atomic E-state index is -1.23. The summed E-state index contributed by atoms with van der Waals surface area (Å²) < 4.78 is 5.51. The van der Waals surface area contributed by atoms with Gasteiger partial charge < -0.3 is 25.6 Å². The van der Waals surface area contributed by atoms with E-state index in [1.54, 1.807) is 13.8 Å². The number of ether oxygens (including phenoxy) is 1. The molecule has 8 nitrogen and oxygen atoms in total. The molecule has 0 aliphatic heterocycles. The van der Waals surface area contributed by atoms with Crippen LogP contribution in [-0.2, 0) is 14.3 Å². The van der Waals surface area contributed by atoms with Crippen molar-refractivity contribution in [3.63, 3.8) is 0 Å². The topological polar surface area (TPSA) is 125 Å². The number of carbonyl (C=O) groups is 3. The van der Waals surface area contributed by atoms with Gasteiger partial charge in [-0.05, 0) is 36.1 Å². The van der Waals surface area contributed by atoms with Gasteiger partial charge in [0.25, 0.3) is 0 Å². The Hall–Kier alpha value is -3.39. The number of aliphatic hydroxyl groups excluding tert-OH is 1. The first-order chi connectivity index (χ1) is 15.2. The molecule has 3 rings (SSSR count). The van der Waals surface area contributed by atoms with Gasteiger partial charge >= 0.3 is 12.1 Å². The number of alkyl carbamates (subject to hydrolysis) is 1. The van der Waals surface area contributed by atoms with Gasteiger partial charge in [0.05, 0.1) is 0 Å². The number of nitrogens with one attached hydrogen (secondary N) is 2. The third-order valence-electron chi connectivity index (χ3n) is 5.44. The Kier molecular flexibility index (Phi) is 7.15. The fourth-order valence-corrected chi connectivity index (χ4v) is 3.99. The molecular formula is C24H28N2O6. The highest BCUT2D eigenvalue weighted by atomic mass is 16.5. The average Bonchev–Trinajstić information content (AvgIpc) is 3.05. The normalized spacial score (nSPS) is 13.6. The summed E-state index contributed by atoms with van der Waals surface area (Å²) >= 11 is 0. The lowest BCUT2D eigenvalue weighted by Gasteiger charge is -2.26. The van der Waals surface area contributed by atoms with Crippen LogP contribution in [0.3, 0.4) is 0 Å². The van der Waals surface area contributed by atoms with Crippen LogP contribution in [0.15, 0.2) is 48.5 Å². The quantitative estimate of drug-likeness (QED) is 0.475. The minimum absolute atomic E-state index is 0.0747. The maximum Gasteiger partial charge on any atom is 0.407 e. The first kappa shape index (κ1) is 23.3. The standard InChI is InChI=1S/C24H28N2O6/c1-24(2,13-21(28)25-20(11-12-27)22(29)30)26-23(31)32-14-19-17-9-5-3-7-15(17)16-8-4-6-10-18(16)19/h3-10,19-20,27H,11-14H2,1-2H3,(H,25,28)(H,26,31)(H,29,30)/t20-/m1/s1.